The number of nitrogen functional groups attached to an aromatic ring is 1. The van der Waals surface area contributed by atoms with Gasteiger partial charge in [0.1, 0.15) is 6.10 Å². The lowest BCUT2D eigenvalue weighted by Crippen LogP contribution is -2.31. The first-order valence-corrected chi connectivity index (χ1v) is 7.55. The molecule has 10 nitrogen and oxygen atoms in total. The number of anilines is 1. The van der Waals surface area contributed by atoms with Crippen LogP contribution >= 0.6 is 0 Å². The molecule has 1 aliphatic heterocycles. The lowest BCUT2D eigenvalue weighted by molar-refractivity contribution is -0.0758. The summed E-state index contributed by atoms with van der Waals surface area (Å²) in [4.78, 5) is 31.1. The molecule has 0 bridgehead atoms. The standard InChI is InChI=1S/C14H19N5O5/c1-3-6(20)8-5-7(21)12(24-8)19-10-9(18(4-2)14(19)23)11(22)17-13(15)16-10/h4,6-8,12,20-21H,2-3,5H2,1H3,(H3,15,16,17,22)/t6-,7+,8-,12+/m0/s1. The molecule has 4 atom stereocenters. The van der Waals surface area contributed by atoms with Crippen molar-refractivity contribution in [3.05, 3.63) is 27.4 Å². The van der Waals surface area contributed by atoms with Crippen molar-refractivity contribution >= 4 is 23.3 Å². The molecule has 0 aromatic carbocycles. The average Bonchev–Trinajstić information content (AvgIpc) is 3.03. The first-order valence-electron chi connectivity index (χ1n) is 7.55. The summed E-state index contributed by atoms with van der Waals surface area (Å²) in [6.07, 6.45) is -1.74. The normalized spacial score (nSPS) is 25.2. The highest BCUT2D eigenvalue weighted by Crippen LogP contribution is 2.32. The van der Waals surface area contributed by atoms with Crippen LogP contribution in [-0.2, 0) is 4.74 Å². The number of aromatic amines is 1. The van der Waals surface area contributed by atoms with Crippen LogP contribution in [0, 0.1) is 0 Å². The van der Waals surface area contributed by atoms with Gasteiger partial charge in [-0.2, -0.15) is 4.98 Å². The fourth-order valence-corrected chi connectivity index (χ4v) is 2.98. The molecule has 0 aliphatic carbocycles. The Hall–Kier alpha value is -2.43. The van der Waals surface area contributed by atoms with Crippen LogP contribution in [0.15, 0.2) is 16.2 Å². The van der Waals surface area contributed by atoms with Crippen LogP contribution < -0.4 is 17.0 Å². The molecule has 0 spiro atoms. The van der Waals surface area contributed by atoms with Gasteiger partial charge in [0.25, 0.3) is 5.56 Å². The zero-order valence-electron chi connectivity index (χ0n) is 13.0. The predicted molar refractivity (Wildman–Crippen MR) is 86.2 cm³/mol. The molecule has 3 heterocycles. The number of fused-ring (bicyclic) bond motifs is 1. The lowest BCUT2D eigenvalue weighted by Gasteiger charge is -2.18. The van der Waals surface area contributed by atoms with Crippen LogP contribution in [0.3, 0.4) is 0 Å². The van der Waals surface area contributed by atoms with E-state index in [2.05, 4.69) is 16.5 Å². The van der Waals surface area contributed by atoms with Gasteiger partial charge in [0.2, 0.25) is 5.95 Å². The molecular weight excluding hydrogens is 318 g/mol. The van der Waals surface area contributed by atoms with Gasteiger partial charge in [-0.1, -0.05) is 13.5 Å². The van der Waals surface area contributed by atoms with E-state index in [4.69, 9.17) is 10.5 Å². The van der Waals surface area contributed by atoms with E-state index in [0.29, 0.717) is 6.42 Å². The van der Waals surface area contributed by atoms with E-state index in [1.54, 1.807) is 6.92 Å². The second-order valence-electron chi connectivity index (χ2n) is 5.67. The van der Waals surface area contributed by atoms with Gasteiger partial charge in [0.05, 0.1) is 12.2 Å². The monoisotopic (exact) mass is 337 g/mol. The average molecular weight is 337 g/mol. The van der Waals surface area contributed by atoms with E-state index in [0.717, 1.165) is 9.13 Å². The zero-order valence-corrected chi connectivity index (χ0v) is 13.0. The predicted octanol–water partition coefficient (Wildman–Crippen LogP) is -1.01. The molecule has 0 unspecified atom stereocenters. The molecule has 0 radical (unpaired) electrons. The number of ether oxygens (including phenoxy) is 1. The number of H-pyrrole nitrogens is 1. The molecule has 5 N–H and O–H groups in total. The van der Waals surface area contributed by atoms with Crippen molar-refractivity contribution in [2.24, 2.45) is 0 Å². The lowest BCUT2D eigenvalue weighted by atomic mass is 10.1. The Morgan fingerprint density at radius 1 is 1.58 bits per heavy atom. The molecule has 0 amide bonds. The summed E-state index contributed by atoms with van der Waals surface area (Å²) in [5.41, 5.74) is 4.26. The van der Waals surface area contributed by atoms with Crippen molar-refractivity contribution in [1.82, 2.24) is 19.1 Å². The van der Waals surface area contributed by atoms with Crippen molar-refractivity contribution in [3.8, 4) is 0 Å². The van der Waals surface area contributed by atoms with E-state index in [1.165, 1.54) is 6.20 Å². The van der Waals surface area contributed by atoms with Crippen LogP contribution in [0.25, 0.3) is 17.4 Å². The summed E-state index contributed by atoms with van der Waals surface area (Å²) in [7, 11) is 0. The Labute approximate surface area is 135 Å². The summed E-state index contributed by atoms with van der Waals surface area (Å²) in [5.74, 6) is -0.167. The number of nitrogens with one attached hydrogen (secondary N) is 1. The zero-order chi connectivity index (χ0) is 17.6. The van der Waals surface area contributed by atoms with Gasteiger partial charge in [-0.15, -0.1) is 0 Å². The Balaban J connectivity index is 2.20. The minimum atomic E-state index is -1.08. The second-order valence-corrected chi connectivity index (χ2v) is 5.67. The number of nitrogens with zero attached hydrogens (tertiary/aromatic N) is 3. The van der Waals surface area contributed by atoms with E-state index in [9.17, 15) is 19.8 Å². The largest absolute Gasteiger partial charge is 0.390 e. The smallest absolute Gasteiger partial charge is 0.336 e. The molecule has 10 heteroatoms. The maximum absolute atomic E-state index is 12.6. The highest BCUT2D eigenvalue weighted by Gasteiger charge is 2.40. The molecule has 0 saturated carbocycles. The quantitative estimate of drug-likeness (QED) is 0.558. The Kier molecular flexibility index (Phi) is 4.03. The summed E-state index contributed by atoms with van der Waals surface area (Å²) in [6, 6.07) is 0. The maximum Gasteiger partial charge on any atom is 0.336 e. The fraction of sp³-hybridized carbons (Fsp3) is 0.500. The molecule has 24 heavy (non-hydrogen) atoms. The SMILES string of the molecule is C=Cn1c(=O)n([C@@H]2O[C@H]([C@@H](O)CC)C[C@H]2O)c2nc(N)[nH]c(=O)c21. The van der Waals surface area contributed by atoms with Crippen LogP contribution in [0.1, 0.15) is 26.0 Å². The third kappa shape index (κ3) is 2.35. The number of aromatic nitrogens is 4. The van der Waals surface area contributed by atoms with Gasteiger partial charge in [-0.25, -0.2) is 9.36 Å². The van der Waals surface area contributed by atoms with Crippen LogP contribution in [0.2, 0.25) is 0 Å². The third-order valence-electron chi connectivity index (χ3n) is 4.18. The summed E-state index contributed by atoms with van der Waals surface area (Å²) in [5, 5.41) is 20.2. The Bertz CT molecular complexity index is 897. The summed E-state index contributed by atoms with van der Waals surface area (Å²) < 4.78 is 7.74. The van der Waals surface area contributed by atoms with Crippen molar-refractivity contribution in [2.75, 3.05) is 5.73 Å². The van der Waals surface area contributed by atoms with Gasteiger partial charge >= 0.3 is 5.69 Å². The van der Waals surface area contributed by atoms with Crippen molar-refractivity contribution < 1.29 is 14.9 Å². The minimum Gasteiger partial charge on any atom is -0.390 e. The van der Waals surface area contributed by atoms with Crippen LogP contribution in [0.5, 0.6) is 0 Å². The van der Waals surface area contributed by atoms with Gasteiger partial charge in [-0.3, -0.25) is 14.3 Å². The van der Waals surface area contributed by atoms with Crippen molar-refractivity contribution in [3.63, 3.8) is 0 Å². The van der Waals surface area contributed by atoms with Crippen LogP contribution in [0.4, 0.5) is 5.95 Å². The second kappa shape index (κ2) is 5.89. The first-order chi connectivity index (χ1) is 11.4. The van der Waals surface area contributed by atoms with Gasteiger partial charge in [0, 0.05) is 12.6 Å². The molecule has 1 saturated heterocycles. The number of rotatable bonds is 4. The fourth-order valence-electron chi connectivity index (χ4n) is 2.98. The molecule has 1 aliphatic rings. The molecule has 2 aromatic heterocycles. The highest BCUT2D eigenvalue weighted by atomic mass is 16.5. The Morgan fingerprint density at radius 3 is 2.92 bits per heavy atom. The van der Waals surface area contributed by atoms with Gasteiger partial charge < -0.3 is 20.7 Å². The number of hydrogen-bond acceptors (Lipinski definition) is 7. The van der Waals surface area contributed by atoms with E-state index in [-0.39, 0.29) is 23.5 Å². The molecule has 2 aromatic rings. The number of imidazole rings is 1. The number of hydrogen-bond donors (Lipinski definition) is 4. The number of aliphatic hydroxyl groups excluding tert-OH is 2. The summed E-state index contributed by atoms with van der Waals surface area (Å²) in [6.45, 7) is 5.30. The van der Waals surface area contributed by atoms with Crippen molar-refractivity contribution in [2.45, 2.75) is 44.3 Å². The minimum absolute atomic E-state index is 0.0168. The van der Waals surface area contributed by atoms with Gasteiger partial charge in [-0.05, 0) is 6.42 Å². The first kappa shape index (κ1) is 16.4. The van der Waals surface area contributed by atoms with E-state index in [1.807, 2.05) is 0 Å². The van der Waals surface area contributed by atoms with Gasteiger partial charge in [0.15, 0.2) is 17.4 Å². The van der Waals surface area contributed by atoms with E-state index >= 15 is 0 Å². The highest BCUT2D eigenvalue weighted by molar-refractivity contribution is 5.74. The molecule has 130 valence electrons. The number of aliphatic hydroxyl groups is 2. The van der Waals surface area contributed by atoms with Crippen LogP contribution in [-0.4, -0.2) is 47.6 Å². The van der Waals surface area contributed by atoms with E-state index < -0.39 is 35.8 Å². The topological polar surface area (TPSA) is 148 Å². The van der Waals surface area contributed by atoms with Crippen molar-refractivity contribution in [1.29, 1.82) is 0 Å². The third-order valence-corrected chi connectivity index (χ3v) is 4.18. The molecule has 3 rings (SSSR count). The number of nitrogens with two attached hydrogens (primary N) is 1. The molecule has 1 fully saturated rings. The Morgan fingerprint density at radius 2 is 2.29 bits per heavy atom. The molecular formula is C14H19N5O5. The maximum atomic E-state index is 12.6. The summed E-state index contributed by atoms with van der Waals surface area (Å²) >= 11 is 0.